The first-order valence-electron chi connectivity index (χ1n) is 34.0. The van der Waals surface area contributed by atoms with Crippen molar-refractivity contribution >= 4 is 17.9 Å². The van der Waals surface area contributed by atoms with Gasteiger partial charge in [-0.1, -0.05) is 361 Å². The number of unbranched alkanes of at least 4 members (excludes halogenated alkanes) is 53. The van der Waals surface area contributed by atoms with Crippen molar-refractivity contribution in [2.75, 3.05) is 13.2 Å². The second kappa shape index (κ2) is 63.9. The molecule has 0 fully saturated rings. The van der Waals surface area contributed by atoms with E-state index in [1.54, 1.807) is 0 Å². The largest absolute Gasteiger partial charge is 0.462 e. The first-order chi connectivity index (χ1) is 36.5. The van der Waals surface area contributed by atoms with Crippen LogP contribution in [0.2, 0.25) is 0 Å². The standard InChI is InChI=1S/C68H132O6/c1-4-7-10-13-16-19-22-25-26-27-28-29-30-31-32-33-34-35-36-37-38-39-40-41-42-44-46-49-52-55-58-61-67(70)73-64-65(63-72-66(69)60-57-54-51-48-45-24-21-18-15-12-9-6-3)74-68(71)62-59-56-53-50-47-43-23-20-17-14-11-8-5-2/h65H,4-64H2,1-3H3. The van der Waals surface area contributed by atoms with Crippen LogP contribution in [0.15, 0.2) is 0 Å². The third-order valence-corrected chi connectivity index (χ3v) is 15.9. The highest BCUT2D eigenvalue weighted by molar-refractivity contribution is 5.71. The smallest absolute Gasteiger partial charge is 0.306 e. The van der Waals surface area contributed by atoms with E-state index in [-0.39, 0.29) is 31.1 Å². The van der Waals surface area contributed by atoms with Crippen LogP contribution < -0.4 is 0 Å². The monoisotopic (exact) mass is 1050 g/mol. The topological polar surface area (TPSA) is 78.9 Å². The van der Waals surface area contributed by atoms with E-state index in [1.807, 2.05) is 0 Å². The van der Waals surface area contributed by atoms with Gasteiger partial charge in [0.15, 0.2) is 6.10 Å². The van der Waals surface area contributed by atoms with E-state index >= 15 is 0 Å². The normalized spacial score (nSPS) is 11.9. The van der Waals surface area contributed by atoms with Gasteiger partial charge in [0.25, 0.3) is 0 Å². The Morgan fingerprint density at radius 2 is 0.365 bits per heavy atom. The average Bonchev–Trinajstić information content (AvgIpc) is 3.40. The van der Waals surface area contributed by atoms with E-state index < -0.39 is 6.10 Å². The predicted molar refractivity (Wildman–Crippen MR) is 321 cm³/mol. The molecule has 6 nitrogen and oxygen atoms in total. The molecule has 1 atom stereocenters. The summed E-state index contributed by atoms with van der Waals surface area (Å²) in [4.78, 5) is 38.2. The Labute approximate surface area is 463 Å². The van der Waals surface area contributed by atoms with Crippen molar-refractivity contribution in [3.63, 3.8) is 0 Å². The van der Waals surface area contributed by atoms with Crippen LogP contribution in [0.3, 0.4) is 0 Å². The molecule has 0 bridgehead atoms. The van der Waals surface area contributed by atoms with Gasteiger partial charge in [-0.25, -0.2) is 0 Å². The van der Waals surface area contributed by atoms with Crippen molar-refractivity contribution in [1.82, 2.24) is 0 Å². The fraction of sp³-hybridized carbons (Fsp3) is 0.956. The summed E-state index contributed by atoms with van der Waals surface area (Å²) < 4.78 is 16.9. The lowest BCUT2D eigenvalue weighted by molar-refractivity contribution is -0.167. The van der Waals surface area contributed by atoms with Gasteiger partial charge in [-0.2, -0.15) is 0 Å². The molecule has 0 aromatic heterocycles. The molecule has 0 aliphatic carbocycles. The van der Waals surface area contributed by atoms with E-state index in [0.29, 0.717) is 19.3 Å². The van der Waals surface area contributed by atoms with Gasteiger partial charge >= 0.3 is 17.9 Å². The van der Waals surface area contributed by atoms with Crippen LogP contribution in [0.1, 0.15) is 400 Å². The first kappa shape index (κ1) is 72.4. The Balaban J connectivity index is 4.02. The molecule has 0 saturated heterocycles. The summed E-state index contributed by atoms with van der Waals surface area (Å²) in [7, 11) is 0. The minimum atomic E-state index is -0.761. The zero-order chi connectivity index (χ0) is 53.6. The van der Waals surface area contributed by atoms with Gasteiger partial charge in [-0.15, -0.1) is 0 Å². The molecule has 0 rings (SSSR count). The van der Waals surface area contributed by atoms with Crippen LogP contribution in [0, 0.1) is 0 Å². The van der Waals surface area contributed by atoms with Crippen LogP contribution in [-0.4, -0.2) is 37.2 Å². The summed E-state index contributed by atoms with van der Waals surface area (Å²) in [5, 5.41) is 0. The molecule has 0 saturated carbocycles. The van der Waals surface area contributed by atoms with E-state index in [0.717, 1.165) is 57.8 Å². The van der Waals surface area contributed by atoms with Crippen LogP contribution in [-0.2, 0) is 28.6 Å². The highest BCUT2D eigenvalue weighted by Crippen LogP contribution is 2.19. The van der Waals surface area contributed by atoms with Crippen molar-refractivity contribution in [3.8, 4) is 0 Å². The van der Waals surface area contributed by atoms with Gasteiger partial charge in [0.05, 0.1) is 0 Å². The molecule has 6 heteroatoms. The SMILES string of the molecule is CCCCCCCCCCCCCCCCCCCCCCCCCCCCCCCCCC(=O)OCC(COC(=O)CCCCCCCCCCCCCC)OC(=O)CCCCCCCCCCCCCCC. The Bertz CT molecular complexity index is 1110. The van der Waals surface area contributed by atoms with Crippen molar-refractivity contribution in [2.45, 2.75) is 406 Å². The zero-order valence-corrected chi connectivity index (χ0v) is 50.7. The van der Waals surface area contributed by atoms with Crippen molar-refractivity contribution in [2.24, 2.45) is 0 Å². The van der Waals surface area contributed by atoms with Gasteiger partial charge in [0.2, 0.25) is 0 Å². The molecule has 1 unspecified atom stereocenters. The van der Waals surface area contributed by atoms with Gasteiger partial charge in [-0.3, -0.25) is 14.4 Å². The minimum Gasteiger partial charge on any atom is -0.462 e. The van der Waals surface area contributed by atoms with Gasteiger partial charge in [-0.05, 0) is 19.3 Å². The third-order valence-electron chi connectivity index (χ3n) is 15.9. The molecule has 440 valence electrons. The van der Waals surface area contributed by atoms with Crippen LogP contribution in [0.25, 0.3) is 0 Å². The third kappa shape index (κ3) is 61.3. The van der Waals surface area contributed by atoms with Crippen LogP contribution in [0.4, 0.5) is 0 Å². The van der Waals surface area contributed by atoms with E-state index in [1.165, 1.54) is 302 Å². The fourth-order valence-corrected chi connectivity index (χ4v) is 10.7. The zero-order valence-electron chi connectivity index (χ0n) is 50.7. The number of carbonyl (C=O) groups is 3. The summed E-state index contributed by atoms with van der Waals surface area (Å²) in [5.74, 6) is -0.828. The van der Waals surface area contributed by atoms with Gasteiger partial charge < -0.3 is 14.2 Å². The Morgan fingerprint density at radius 1 is 0.216 bits per heavy atom. The molecule has 0 aliphatic heterocycles. The summed E-state index contributed by atoms with van der Waals surface area (Å²) >= 11 is 0. The van der Waals surface area contributed by atoms with Crippen LogP contribution in [0.5, 0.6) is 0 Å². The summed E-state index contributed by atoms with van der Waals surface area (Å²) in [6.07, 6.45) is 74.3. The minimum absolute atomic E-state index is 0.0608. The molecule has 0 aliphatic rings. The Kier molecular flexibility index (Phi) is 62.6. The molecule has 0 amide bonds. The van der Waals surface area contributed by atoms with Gasteiger partial charge in [0.1, 0.15) is 13.2 Å². The number of ether oxygens (including phenoxy) is 3. The molecule has 0 aromatic rings. The lowest BCUT2D eigenvalue weighted by Crippen LogP contribution is -2.30. The highest BCUT2D eigenvalue weighted by atomic mass is 16.6. The van der Waals surface area contributed by atoms with Crippen LogP contribution >= 0.6 is 0 Å². The Hall–Kier alpha value is -1.59. The molecule has 0 aromatic carbocycles. The quantitative estimate of drug-likeness (QED) is 0.0343. The summed E-state index contributed by atoms with van der Waals surface area (Å²) in [6.45, 7) is 6.72. The molecule has 0 heterocycles. The van der Waals surface area contributed by atoms with Gasteiger partial charge in [0, 0.05) is 19.3 Å². The van der Waals surface area contributed by atoms with E-state index in [4.69, 9.17) is 14.2 Å². The first-order valence-corrected chi connectivity index (χ1v) is 34.0. The molecule has 0 spiro atoms. The number of hydrogen-bond donors (Lipinski definition) is 0. The summed E-state index contributed by atoms with van der Waals surface area (Å²) in [5.41, 5.74) is 0. The molecule has 0 radical (unpaired) electrons. The van der Waals surface area contributed by atoms with Crippen molar-refractivity contribution in [3.05, 3.63) is 0 Å². The lowest BCUT2D eigenvalue weighted by atomic mass is 10.0. The molecule has 0 N–H and O–H groups in total. The fourth-order valence-electron chi connectivity index (χ4n) is 10.7. The maximum atomic E-state index is 12.9. The Morgan fingerprint density at radius 3 is 0.541 bits per heavy atom. The second-order valence-corrected chi connectivity index (χ2v) is 23.5. The number of carbonyl (C=O) groups excluding carboxylic acids is 3. The van der Waals surface area contributed by atoms with Crippen molar-refractivity contribution < 1.29 is 28.6 Å². The summed E-state index contributed by atoms with van der Waals surface area (Å²) in [6, 6.07) is 0. The van der Waals surface area contributed by atoms with E-state index in [2.05, 4.69) is 20.8 Å². The average molecular weight is 1050 g/mol. The van der Waals surface area contributed by atoms with Crippen molar-refractivity contribution in [1.29, 1.82) is 0 Å². The highest BCUT2D eigenvalue weighted by Gasteiger charge is 2.19. The second-order valence-electron chi connectivity index (χ2n) is 23.5. The predicted octanol–water partition coefficient (Wildman–Crippen LogP) is 23.1. The molecule has 74 heavy (non-hydrogen) atoms. The lowest BCUT2D eigenvalue weighted by Gasteiger charge is -2.18. The number of rotatable bonds is 64. The number of esters is 3. The maximum absolute atomic E-state index is 12.9. The maximum Gasteiger partial charge on any atom is 0.306 e. The molecular formula is C68H132O6. The molecular weight excluding hydrogens is 913 g/mol. The van der Waals surface area contributed by atoms with E-state index in [9.17, 15) is 14.4 Å². The number of hydrogen-bond acceptors (Lipinski definition) is 6.